The number of para-hydroxylation sites is 3. The van der Waals surface area contributed by atoms with Gasteiger partial charge in [0.25, 0.3) is 30.4 Å². The van der Waals surface area contributed by atoms with Crippen molar-refractivity contribution in [3.63, 3.8) is 0 Å². The Morgan fingerprint density at radius 3 is 1.55 bits per heavy atom. The van der Waals surface area contributed by atoms with E-state index in [1.165, 1.54) is 60.7 Å². The van der Waals surface area contributed by atoms with E-state index in [2.05, 4.69) is 30.9 Å². The smallest absolute Gasteiger partial charge is 0.343 e. The molecule has 0 spiro atoms. The van der Waals surface area contributed by atoms with Crippen molar-refractivity contribution in [2.45, 2.75) is 21.1 Å². The number of rotatable bonds is 12. The minimum Gasteiger partial charge on any atom is -0.508 e. The van der Waals surface area contributed by atoms with E-state index in [1.54, 1.807) is 48.5 Å². The van der Waals surface area contributed by atoms with Gasteiger partial charge in [0.2, 0.25) is 17.2 Å². The second kappa shape index (κ2) is 25.3. The molecule has 95 heavy (non-hydrogen) atoms. The van der Waals surface area contributed by atoms with Gasteiger partial charge in [0.1, 0.15) is 65.6 Å². The van der Waals surface area contributed by atoms with Crippen LogP contribution < -0.4 is 38.4 Å². The lowest BCUT2D eigenvalue weighted by molar-refractivity contribution is 0.0980. The maximum atomic E-state index is 13.6. The van der Waals surface area contributed by atoms with E-state index in [0.717, 1.165) is 35.9 Å². The van der Waals surface area contributed by atoms with Gasteiger partial charge in [0.15, 0.2) is 17.0 Å². The van der Waals surface area contributed by atoms with Crippen molar-refractivity contribution in [3.8, 4) is 34.3 Å². The number of nitrogens with two attached hydrogens (primary N) is 1. The van der Waals surface area contributed by atoms with Gasteiger partial charge in [-0.2, -0.15) is 40.2 Å². The van der Waals surface area contributed by atoms with E-state index >= 15 is 0 Å². The Labute approximate surface area is 537 Å². The molecule has 12 N–H and O–H groups in total. The van der Waals surface area contributed by atoms with Gasteiger partial charge in [-0.3, -0.25) is 28.0 Å². The topological polar surface area (TPSA) is 470 Å². The fourth-order valence-electron chi connectivity index (χ4n) is 10.0. The Morgan fingerprint density at radius 1 is 0.474 bits per heavy atom. The van der Waals surface area contributed by atoms with Gasteiger partial charge in [-0.15, -0.1) is 0 Å². The molecule has 0 unspecified atom stereocenters. The van der Waals surface area contributed by atoms with Gasteiger partial charge < -0.3 is 55.4 Å². The summed E-state index contributed by atoms with van der Waals surface area (Å²) in [5.41, 5.74) is 2.59. The number of anilines is 7. The van der Waals surface area contributed by atoms with Crippen molar-refractivity contribution in [1.82, 2.24) is 15.0 Å². The quantitative estimate of drug-likeness (QED) is 0.0308. The van der Waals surface area contributed by atoms with E-state index in [-0.39, 0.29) is 113 Å². The number of phenolic OH excluding ortho intramolecular Hbond substituents is 2. The van der Waals surface area contributed by atoms with Crippen LogP contribution in [0.5, 0.6) is 23.0 Å². The monoisotopic (exact) mass is 1360 g/mol. The van der Waals surface area contributed by atoms with Gasteiger partial charge in [-0.1, -0.05) is 91.0 Å². The molecule has 0 radical (unpaired) electrons. The van der Waals surface area contributed by atoms with Crippen LogP contribution in [0.25, 0.3) is 44.2 Å². The number of nitrogens with zero attached hydrogens (tertiary/aromatic N) is 3. The zero-order valence-electron chi connectivity index (χ0n) is 47.7. The molecule has 4 heterocycles. The van der Waals surface area contributed by atoms with Crippen LogP contribution in [-0.4, -0.2) is 85.9 Å². The normalized spacial score (nSPS) is 12.0. The Hall–Kier alpha value is -11.8. The first-order chi connectivity index (χ1) is 45.0. The zero-order valence-corrected chi connectivity index (χ0v) is 50.9. The van der Waals surface area contributed by atoms with Crippen molar-refractivity contribution in [3.05, 3.63) is 240 Å². The molecule has 0 fully saturated rings. The first-order valence-corrected chi connectivity index (χ1v) is 31.8. The number of halogens is 1. The Kier molecular flexibility index (Phi) is 17.2. The zero-order chi connectivity index (χ0) is 68.0. The molecule has 1 aliphatic rings. The number of phenols is 2. The van der Waals surface area contributed by atoms with Gasteiger partial charge in [0, 0.05) is 47.0 Å². The molecule has 28 nitrogen and oxygen atoms in total. The van der Waals surface area contributed by atoms with Gasteiger partial charge in [0.05, 0.1) is 55.8 Å². The fourth-order valence-corrected chi connectivity index (χ4v) is 12.1. The number of nitrogen functional groups attached to an aromatic ring is 1. The Balaban J connectivity index is 0.000000171. The van der Waals surface area contributed by atoms with Crippen molar-refractivity contribution in [2.75, 3.05) is 21.7 Å². The summed E-state index contributed by atoms with van der Waals surface area (Å²) in [6.07, 6.45) is -0.308. The standard InChI is InChI=1S/C29H20ClN7O11S3.C19H12O6.C15H10O4/c30-27-35-28(33-16-7-3-4-8-19(16)49(40,41)42)37-29(36-27)34-17-10-9-13(11-20(17)50(43,44)45)32-18-12-21(51(46,47)48)24(31)23-22(18)25(38)14-5-1-2-6-15(14)26(23)39;20-16-10-5-1-3-7-14(10)24-18(22)12(16)9-13-17(21)11-6-2-4-8-15(11)25-19(13)23;16-10-6-11(17)15-12(18)8-13(19-14(15)7-10)9-4-2-1-3-5-9/h1-12,32H,31H2,(H,40,41,42)(H,43,44,45)(H,46,47,48)(H2,33,34,35,36,37);1-8,20-21H,9H2;1-8,16-17H. The van der Waals surface area contributed by atoms with Crippen molar-refractivity contribution < 1.29 is 82.2 Å². The second-order valence-corrected chi connectivity index (χ2v) is 24.8. The number of hydrogen-bond donors (Lipinski definition) is 11. The number of aromatic nitrogens is 3. The largest absolute Gasteiger partial charge is 0.508 e. The summed E-state index contributed by atoms with van der Waals surface area (Å²) in [7, 11) is -14.8. The summed E-state index contributed by atoms with van der Waals surface area (Å²) in [6.45, 7) is 0. The fraction of sp³-hybridized carbons (Fsp3) is 0.0159. The third-order valence-electron chi connectivity index (χ3n) is 14.2. The van der Waals surface area contributed by atoms with E-state index < -0.39 is 90.3 Å². The van der Waals surface area contributed by atoms with Crippen LogP contribution in [-0.2, 0) is 36.8 Å². The highest BCUT2D eigenvalue weighted by Crippen LogP contribution is 2.42. The average molecular weight is 1360 g/mol. The van der Waals surface area contributed by atoms with Crippen molar-refractivity contribution >= 4 is 127 Å². The lowest BCUT2D eigenvalue weighted by Crippen LogP contribution is -2.25. The summed E-state index contributed by atoms with van der Waals surface area (Å²) in [4.78, 5) is 73.0. The van der Waals surface area contributed by atoms with Crippen LogP contribution in [0.3, 0.4) is 0 Å². The summed E-state index contributed by atoms with van der Waals surface area (Å²) in [5, 5.41) is 48.0. The predicted molar refractivity (Wildman–Crippen MR) is 344 cm³/mol. The van der Waals surface area contributed by atoms with Gasteiger partial charge >= 0.3 is 11.3 Å². The maximum absolute atomic E-state index is 13.6. The van der Waals surface area contributed by atoms with E-state index in [1.807, 2.05) is 30.3 Å². The molecule has 32 heteroatoms. The second-order valence-electron chi connectivity index (χ2n) is 20.3. The summed E-state index contributed by atoms with van der Waals surface area (Å²) >= 11 is 6.02. The summed E-state index contributed by atoms with van der Waals surface area (Å²) in [5.74, 6) is -2.90. The highest BCUT2D eigenvalue weighted by Gasteiger charge is 2.37. The maximum Gasteiger partial charge on any atom is 0.343 e. The third kappa shape index (κ3) is 13.3. The molecule has 0 atom stereocenters. The number of carbonyl (C=O) groups excluding carboxylic acids is 2. The van der Waals surface area contributed by atoms with Crippen LogP contribution >= 0.6 is 11.6 Å². The van der Waals surface area contributed by atoms with Crippen LogP contribution in [0, 0.1) is 0 Å². The molecule has 12 aromatic rings. The highest BCUT2D eigenvalue weighted by molar-refractivity contribution is 7.86. The molecule has 0 saturated carbocycles. The molecule has 0 aliphatic heterocycles. The number of benzene rings is 8. The molecule has 8 aromatic carbocycles. The summed E-state index contributed by atoms with van der Waals surface area (Å²) in [6, 6.07) is 40.8. The van der Waals surface area contributed by atoms with Crippen LogP contribution in [0.2, 0.25) is 5.28 Å². The molecule has 0 bridgehead atoms. The number of nitrogens with one attached hydrogen (secondary N) is 3. The van der Waals surface area contributed by atoms with Crippen molar-refractivity contribution in [1.29, 1.82) is 0 Å². The minimum absolute atomic E-state index is 0.0263. The highest BCUT2D eigenvalue weighted by atomic mass is 35.5. The Bertz CT molecular complexity index is 5660. The molecular formula is C63H42ClN7O21S3. The van der Waals surface area contributed by atoms with E-state index in [9.17, 15) is 83.3 Å². The Morgan fingerprint density at radius 2 is 0.979 bits per heavy atom. The van der Waals surface area contributed by atoms with E-state index in [0.29, 0.717) is 16.5 Å². The molecule has 4 aromatic heterocycles. The number of carbonyl (C=O) groups is 2. The van der Waals surface area contributed by atoms with Crippen LogP contribution in [0.1, 0.15) is 43.0 Å². The first-order valence-electron chi connectivity index (χ1n) is 27.1. The van der Waals surface area contributed by atoms with Crippen LogP contribution in [0.4, 0.5) is 40.3 Å². The number of aromatic hydroxyl groups is 4. The lowest BCUT2D eigenvalue weighted by atomic mass is 9.82. The van der Waals surface area contributed by atoms with Gasteiger partial charge in [-0.05, 0) is 72.3 Å². The number of ketones is 2. The number of hydrogen-bond acceptors (Lipinski definition) is 25. The van der Waals surface area contributed by atoms with Gasteiger partial charge in [-0.25, -0.2) is 9.59 Å². The average Bonchev–Trinajstić information content (AvgIpc) is 0.734. The first kappa shape index (κ1) is 64.7. The lowest BCUT2D eigenvalue weighted by Gasteiger charge is -2.24. The number of fused-ring (bicyclic) bond motifs is 5. The summed E-state index contributed by atoms with van der Waals surface area (Å²) < 4.78 is 119. The SMILES string of the molecule is Nc1c(S(=O)(=O)O)cc(Nc2ccc(Nc3nc(Cl)nc(Nc4ccccc4S(=O)(=O)O)n3)c(S(=O)(=O)O)c2)c2c1C(=O)c1ccccc1C2=O.O=c1cc(-c2ccccc2)oc2cc(O)cc(O)c12.O=c1oc2ccccc2c(O)c1Cc1c(O)c2ccccc2oc1=O. The molecule has 13 rings (SSSR count). The molecule has 1 aliphatic carbocycles. The minimum atomic E-state index is -5.07. The van der Waals surface area contributed by atoms with Crippen molar-refractivity contribution in [2.24, 2.45) is 0 Å². The third-order valence-corrected chi connectivity index (χ3v) is 17.1. The predicted octanol–water partition coefficient (Wildman–Crippen LogP) is 9.63. The van der Waals surface area contributed by atoms with Crippen LogP contribution in [0.15, 0.2) is 212 Å². The molecule has 0 saturated heterocycles. The molecule has 480 valence electrons. The molecular weight excluding hydrogens is 1320 g/mol. The van der Waals surface area contributed by atoms with E-state index in [4.69, 9.17) is 30.6 Å². The molecule has 0 amide bonds.